The predicted molar refractivity (Wildman–Crippen MR) is 90.2 cm³/mol. The van der Waals surface area contributed by atoms with Gasteiger partial charge in [0.05, 0.1) is 6.61 Å². The Morgan fingerprint density at radius 2 is 2.05 bits per heavy atom. The van der Waals surface area contributed by atoms with Crippen LogP contribution in [0.5, 0.6) is 5.75 Å². The summed E-state index contributed by atoms with van der Waals surface area (Å²) in [6.45, 7) is 1.58. The van der Waals surface area contributed by atoms with E-state index in [0.717, 1.165) is 36.4 Å². The molecule has 1 aromatic carbocycles. The van der Waals surface area contributed by atoms with Crippen LogP contribution >= 0.6 is 11.8 Å². The smallest absolute Gasteiger partial charge is 0.156 e. The van der Waals surface area contributed by atoms with Crippen LogP contribution in [0.3, 0.4) is 0 Å². The molecule has 1 aromatic rings. The van der Waals surface area contributed by atoms with Gasteiger partial charge in [-0.1, -0.05) is 42.8 Å². The fraction of sp³-hybridized carbons (Fsp3) is 0.588. The van der Waals surface area contributed by atoms with Gasteiger partial charge in [-0.3, -0.25) is 4.99 Å². The Balaban J connectivity index is 1.36. The third kappa shape index (κ3) is 4.40. The van der Waals surface area contributed by atoms with Crippen molar-refractivity contribution in [2.24, 2.45) is 10.9 Å². The number of benzene rings is 1. The second-order valence-electron chi connectivity index (χ2n) is 5.81. The van der Waals surface area contributed by atoms with Crippen LogP contribution in [0.2, 0.25) is 0 Å². The molecule has 0 radical (unpaired) electrons. The van der Waals surface area contributed by atoms with Gasteiger partial charge in [0.25, 0.3) is 0 Å². The number of nitrogens with zero attached hydrogens (tertiary/aromatic N) is 1. The van der Waals surface area contributed by atoms with Crippen molar-refractivity contribution in [3.63, 3.8) is 0 Å². The first kappa shape index (κ1) is 14.8. The van der Waals surface area contributed by atoms with Gasteiger partial charge in [0.15, 0.2) is 5.17 Å². The first-order chi connectivity index (χ1) is 10.4. The molecule has 21 heavy (non-hydrogen) atoms. The number of amidine groups is 1. The molecule has 0 spiro atoms. The van der Waals surface area contributed by atoms with Crippen LogP contribution in [0.4, 0.5) is 0 Å². The Labute approximate surface area is 131 Å². The fourth-order valence-corrected chi connectivity index (χ4v) is 4.21. The minimum atomic E-state index is 0.680. The summed E-state index contributed by atoms with van der Waals surface area (Å²) in [5.41, 5.74) is 0. The van der Waals surface area contributed by atoms with Gasteiger partial charge in [0.2, 0.25) is 0 Å². The molecule has 2 aliphatic rings. The Morgan fingerprint density at radius 1 is 1.19 bits per heavy atom. The molecule has 2 unspecified atom stereocenters. The number of hydrogen-bond acceptors (Lipinski definition) is 3. The van der Waals surface area contributed by atoms with Gasteiger partial charge in [0.1, 0.15) is 5.75 Å². The number of aliphatic imine (C=N–C) groups is 1. The van der Waals surface area contributed by atoms with E-state index in [9.17, 15) is 0 Å². The van der Waals surface area contributed by atoms with E-state index in [0.29, 0.717) is 6.04 Å². The largest absolute Gasteiger partial charge is 0.494 e. The van der Waals surface area contributed by atoms with E-state index < -0.39 is 0 Å². The van der Waals surface area contributed by atoms with Crippen molar-refractivity contribution in [2.45, 2.75) is 38.1 Å². The maximum atomic E-state index is 5.68. The zero-order chi connectivity index (χ0) is 14.3. The molecule has 2 fully saturated rings. The van der Waals surface area contributed by atoms with Crippen LogP contribution in [-0.2, 0) is 0 Å². The molecule has 114 valence electrons. The summed E-state index contributed by atoms with van der Waals surface area (Å²) in [6.07, 6.45) is 6.46. The van der Waals surface area contributed by atoms with Crippen molar-refractivity contribution < 1.29 is 4.74 Å². The first-order valence-electron chi connectivity index (χ1n) is 8.03. The van der Waals surface area contributed by atoms with Crippen LogP contribution in [0.15, 0.2) is 35.3 Å². The van der Waals surface area contributed by atoms with E-state index >= 15 is 0 Å². The second kappa shape index (κ2) is 7.74. The number of rotatable bonds is 5. The normalized spacial score (nSPS) is 27.0. The molecule has 1 saturated heterocycles. The first-order valence-corrected chi connectivity index (χ1v) is 9.02. The van der Waals surface area contributed by atoms with Gasteiger partial charge in [-0.2, -0.15) is 0 Å². The second-order valence-corrected chi connectivity index (χ2v) is 6.82. The van der Waals surface area contributed by atoms with Crippen molar-refractivity contribution in [1.82, 2.24) is 5.32 Å². The monoisotopic (exact) mass is 304 g/mol. The summed E-state index contributed by atoms with van der Waals surface area (Å²) < 4.78 is 5.68. The number of nitrogens with one attached hydrogen (secondary N) is 1. The molecular weight excluding hydrogens is 280 g/mol. The Hall–Kier alpha value is -1.16. The molecule has 2 atom stereocenters. The van der Waals surface area contributed by atoms with Gasteiger partial charge in [-0.15, -0.1) is 0 Å². The Kier molecular flexibility index (Phi) is 5.44. The summed E-state index contributed by atoms with van der Waals surface area (Å²) in [5, 5.41) is 4.79. The number of fused-ring (bicyclic) bond motifs is 1. The number of hydrogen-bond donors (Lipinski definition) is 1. The van der Waals surface area contributed by atoms with Crippen molar-refractivity contribution in [1.29, 1.82) is 0 Å². The van der Waals surface area contributed by atoms with Crippen LogP contribution in [0.1, 0.15) is 32.1 Å². The lowest BCUT2D eigenvalue weighted by molar-refractivity contribution is 0.309. The van der Waals surface area contributed by atoms with E-state index in [4.69, 9.17) is 9.73 Å². The van der Waals surface area contributed by atoms with E-state index in [1.807, 2.05) is 42.1 Å². The van der Waals surface area contributed by atoms with Crippen LogP contribution in [-0.4, -0.2) is 30.1 Å². The van der Waals surface area contributed by atoms with E-state index in [-0.39, 0.29) is 0 Å². The lowest BCUT2D eigenvalue weighted by Gasteiger charge is -2.36. The highest BCUT2D eigenvalue weighted by Gasteiger charge is 2.29. The molecule has 0 amide bonds. The highest BCUT2D eigenvalue weighted by Crippen LogP contribution is 2.31. The third-order valence-corrected chi connectivity index (χ3v) is 5.34. The predicted octanol–water partition coefficient (Wildman–Crippen LogP) is 3.71. The molecule has 0 bridgehead atoms. The van der Waals surface area contributed by atoms with Gasteiger partial charge < -0.3 is 10.1 Å². The van der Waals surface area contributed by atoms with Crippen molar-refractivity contribution >= 4 is 16.9 Å². The molecule has 3 nitrogen and oxygen atoms in total. The molecule has 3 rings (SSSR count). The summed E-state index contributed by atoms with van der Waals surface area (Å²) in [6, 6.07) is 10.7. The summed E-state index contributed by atoms with van der Waals surface area (Å²) in [5.74, 6) is 3.06. The van der Waals surface area contributed by atoms with E-state index in [2.05, 4.69) is 5.32 Å². The standard InChI is InChI=1S/C17H24N2OS/c1-2-8-15(9-3-1)20-12-6-11-18-17-19-16-10-5-4-7-14(16)13-21-17/h1-3,8-9,14,16H,4-7,10-13H2,(H,18,19). The van der Waals surface area contributed by atoms with Crippen LogP contribution in [0, 0.1) is 5.92 Å². The lowest BCUT2D eigenvalue weighted by Crippen LogP contribution is -2.46. The highest BCUT2D eigenvalue weighted by molar-refractivity contribution is 8.13. The quantitative estimate of drug-likeness (QED) is 0.842. The van der Waals surface area contributed by atoms with Gasteiger partial charge >= 0.3 is 0 Å². The number of ether oxygens (including phenoxy) is 1. The SMILES string of the molecule is c1ccc(OCCCN=C2NC3CCCCC3CS2)cc1. The van der Waals surface area contributed by atoms with E-state index in [1.54, 1.807) is 0 Å². The maximum absolute atomic E-state index is 5.68. The molecule has 1 N–H and O–H groups in total. The Bertz CT molecular complexity index is 463. The van der Waals surface area contributed by atoms with Crippen LogP contribution < -0.4 is 10.1 Å². The minimum absolute atomic E-state index is 0.680. The molecular formula is C17H24N2OS. The summed E-state index contributed by atoms with van der Waals surface area (Å²) in [4.78, 5) is 4.69. The zero-order valence-electron chi connectivity index (χ0n) is 12.5. The fourth-order valence-electron chi connectivity index (χ4n) is 3.03. The number of thioether (sulfide) groups is 1. The van der Waals surface area contributed by atoms with Crippen molar-refractivity contribution in [3.8, 4) is 5.75 Å². The molecule has 1 heterocycles. The van der Waals surface area contributed by atoms with Gasteiger partial charge in [-0.05, 0) is 30.9 Å². The van der Waals surface area contributed by atoms with E-state index in [1.165, 1.54) is 31.4 Å². The Morgan fingerprint density at radius 3 is 2.95 bits per heavy atom. The molecule has 1 aliphatic heterocycles. The highest BCUT2D eigenvalue weighted by atomic mass is 32.2. The summed E-state index contributed by atoms with van der Waals surface area (Å²) >= 11 is 1.90. The van der Waals surface area contributed by atoms with Crippen molar-refractivity contribution in [2.75, 3.05) is 18.9 Å². The number of para-hydroxylation sites is 1. The topological polar surface area (TPSA) is 33.6 Å². The third-order valence-electron chi connectivity index (χ3n) is 4.22. The molecule has 1 saturated carbocycles. The maximum Gasteiger partial charge on any atom is 0.156 e. The van der Waals surface area contributed by atoms with Crippen LogP contribution in [0.25, 0.3) is 0 Å². The van der Waals surface area contributed by atoms with Crippen molar-refractivity contribution in [3.05, 3.63) is 30.3 Å². The summed E-state index contributed by atoms with van der Waals surface area (Å²) in [7, 11) is 0. The molecule has 1 aliphatic carbocycles. The zero-order valence-corrected chi connectivity index (χ0v) is 13.3. The minimum Gasteiger partial charge on any atom is -0.494 e. The van der Waals surface area contributed by atoms with Gasteiger partial charge in [0, 0.05) is 24.8 Å². The van der Waals surface area contributed by atoms with Gasteiger partial charge in [-0.25, -0.2) is 0 Å². The lowest BCUT2D eigenvalue weighted by atomic mass is 9.86. The average molecular weight is 304 g/mol. The molecule has 4 heteroatoms. The average Bonchev–Trinajstić information content (AvgIpc) is 2.55. The molecule has 0 aromatic heterocycles.